The summed E-state index contributed by atoms with van der Waals surface area (Å²) in [5.74, 6) is 0.661. The fourth-order valence-electron chi connectivity index (χ4n) is 3.20. The lowest BCUT2D eigenvalue weighted by molar-refractivity contribution is 0.361. The minimum Gasteiger partial charge on any atom is -0.497 e. The predicted octanol–water partition coefficient (Wildman–Crippen LogP) is 3.37. The average molecular weight is 365 g/mol. The second-order valence-electron chi connectivity index (χ2n) is 5.84. The van der Waals surface area contributed by atoms with Gasteiger partial charge in [-0.1, -0.05) is 6.07 Å². The van der Waals surface area contributed by atoms with Crippen LogP contribution < -0.4 is 9.47 Å². The van der Waals surface area contributed by atoms with Crippen molar-refractivity contribution in [3.63, 3.8) is 0 Å². The molecular formula is C18H20FNO4S. The van der Waals surface area contributed by atoms with E-state index in [4.69, 9.17) is 9.47 Å². The summed E-state index contributed by atoms with van der Waals surface area (Å²) in [6.07, 6.45) is 1.39. The molecule has 1 aliphatic rings. The molecule has 0 spiro atoms. The fraction of sp³-hybridized carbons (Fsp3) is 0.333. The molecule has 1 heterocycles. The first kappa shape index (κ1) is 17.7. The molecule has 2 aromatic rings. The standard InChI is InChI=1S/C18H20FNO4S/c1-23-14-8-9-18(24-2)16(12-14)17-7-4-10-20(17)25(21,22)15-6-3-5-13(19)11-15/h3,5-6,8-9,11-12,17H,4,7,10H2,1-2H3. The first-order valence-electron chi connectivity index (χ1n) is 7.96. The molecule has 0 N–H and O–H groups in total. The molecule has 0 amide bonds. The molecule has 1 aliphatic heterocycles. The van der Waals surface area contributed by atoms with Gasteiger partial charge in [0.25, 0.3) is 0 Å². The summed E-state index contributed by atoms with van der Waals surface area (Å²) in [6, 6.07) is 10.0. The Morgan fingerprint density at radius 3 is 2.60 bits per heavy atom. The maximum Gasteiger partial charge on any atom is 0.243 e. The van der Waals surface area contributed by atoms with E-state index in [1.54, 1.807) is 32.4 Å². The molecule has 3 rings (SSSR count). The normalized spacial score (nSPS) is 18.3. The quantitative estimate of drug-likeness (QED) is 0.815. The molecule has 1 atom stereocenters. The third-order valence-corrected chi connectivity index (χ3v) is 6.31. The van der Waals surface area contributed by atoms with Crippen molar-refractivity contribution in [3.05, 3.63) is 53.8 Å². The number of hydrogen-bond donors (Lipinski definition) is 0. The second kappa shape index (κ2) is 7.01. The summed E-state index contributed by atoms with van der Waals surface area (Å²) in [5, 5.41) is 0. The van der Waals surface area contributed by atoms with Gasteiger partial charge in [0.2, 0.25) is 10.0 Å². The van der Waals surface area contributed by atoms with Gasteiger partial charge in [0, 0.05) is 12.1 Å². The van der Waals surface area contributed by atoms with Crippen molar-refractivity contribution >= 4 is 10.0 Å². The zero-order valence-corrected chi connectivity index (χ0v) is 14.9. The Balaban J connectivity index is 2.04. The van der Waals surface area contributed by atoms with Crippen LogP contribution in [0.2, 0.25) is 0 Å². The predicted molar refractivity (Wildman–Crippen MR) is 91.8 cm³/mol. The Kier molecular flexibility index (Phi) is 4.96. The van der Waals surface area contributed by atoms with Crippen LogP contribution >= 0.6 is 0 Å². The van der Waals surface area contributed by atoms with E-state index in [2.05, 4.69) is 0 Å². The third-order valence-electron chi connectivity index (χ3n) is 4.40. The number of methoxy groups -OCH3 is 2. The van der Waals surface area contributed by atoms with E-state index in [0.29, 0.717) is 24.5 Å². The highest BCUT2D eigenvalue weighted by Crippen LogP contribution is 2.41. The minimum absolute atomic E-state index is 0.0405. The number of sulfonamides is 1. The van der Waals surface area contributed by atoms with E-state index < -0.39 is 15.8 Å². The molecule has 25 heavy (non-hydrogen) atoms. The molecule has 2 aromatic carbocycles. The molecular weight excluding hydrogens is 345 g/mol. The summed E-state index contributed by atoms with van der Waals surface area (Å²) in [7, 11) is -0.702. The van der Waals surface area contributed by atoms with Crippen LogP contribution in [0.4, 0.5) is 4.39 Å². The highest BCUT2D eigenvalue weighted by Gasteiger charge is 2.37. The van der Waals surface area contributed by atoms with Gasteiger partial charge in [0.05, 0.1) is 25.2 Å². The van der Waals surface area contributed by atoms with Gasteiger partial charge in [0.15, 0.2) is 0 Å². The SMILES string of the molecule is COc1ccc(OC)c(C2CCCN2S(=O)(=O)c2cccc(F)c2)c1. The van der Waals surface area contributed by atoms with Crippen LogP contribution in [0, 0.1) is 5.82 Å². The lowest BCUT2D eigenvalue weighted by atomic mass is 10.0. The Morgan fingerprint density at radius 2 is 1.92 bits per heavy atom. The minimum atomic E-state index is -3.81. The van der Waals surface area contributed by atoms with Crippen molar-refractivity contribution in [2.45, 2.75) is 23.8 Å². The van der Waals surface area contributed by atoms with Gasteiger partial charge in [-0.15, -0.1) is 0 Å². The van der Waals surface area contributed by atoms with E-state index >= 15 is 0 Å². The molecule has 134 valence electrons. The van der Waals surface area contributed by atoms with Crippen molar-refractivity contribution in [1.82, 2.24) is 4.31 Å². The van der Waals surface area contributed by atoms with Gasteiger partial charge in [-0.25, -0.2) is 12.8 Å². The topological polar surface area (TPSA) is 55.8 Å². The highest BCUT2D eigenvalue weighted by molar-refractivity contribution is 7.89. The van der Waals surface area contributed by atoms with E-state index in [1.165, 1.54) is 22.5 Å². The maximum atomic E-state index is 13.5. The largest absolute Gasteiger partial charge is 0.497 e. The summed E-state index contributed by atoms with van der Waals surface area (Å²) in [4.78, 5) is -0.0405. The number of ether oxygens (including phenoxy) is 2. The van der Waals surface area contributed by atoms with Crippen LogP contribution in [0.5, 0.6) is 11.5 Å². The Bertz CT molecular complexity index is 869. The second-order valence-corrected chi connectivity index (χ2v) is 7.73. The van der Waals surface area contributed by atoms with Gasteiger partial charge < -0.3 is 9.47 Å². The molecule has 1 fully saturated rings. The zero-order valence-electron chi connectivity index (χ0n) is 14.1. The fourth-order valence-corrected chi connectivity index (χ4v) is 4.91. The average Bonchev–Trinajstić information content (AvgIpc) is 3.11. The summed E-state index contributed by atoms with van der Waals surface area (Å²) < 4.78 is 51.6. The molecule has 1 unspecified atom stereocenters. The molecule has 0 radical (unpaired) electrons. The van der Waals surface area contributed by atoms with Gasteiger partial charge in [-0.3, -0.25) is 0 Å². The van der Waals surface area contributed by atoms with E-state index in [0.717, 1.165) is 18.1 Å². The number of halogens is 1. The zero-order chi connectivity index (χ0) is 18.0. The van der Waals surface area contributed by atoms with Crippen molar-refractivity contribution in [2.24, 2.45) is 0 Å². The summed E-state index contributed by atoms with van der Waals surface area (Å²) >= 11 is 0. The Morgan fingerprint density at radius 1 is 1.12 bits per heavy atom. The van der Waals surface area contributed by atoms with Crippen LogP contribution in [-0.4, -0.2) is 33.5 Å². The molecule has 0 aliphatic carbocycles. The smallest absolute Gasteiger partial charge is 0.243 e. The molecule has 0 bridgehead atoms. The molecule has 0 aromatic heterocycles. The van der Waals surface area contributed by atoms with E-state index in [1.807, 2.05) is 0 Å². The van der Waals surface area contributed by atoms with Crippen molar-refractivity contribution < 1.29 is 22.3 Å². The van der Waals surface area contributed by atoms with Crippen LogP contribution in [0.25, 0.3) is 0 Å². The number of hydrogen-bond acceptors (Lipinski definition) is 4. The monoisotopic (exact) mass is 365 g/mol. The lowest BCUT2D eigenvalue weighted by Crippen LogP contribution is -2.31. The molecule has 7 heteroatoms. The van der Waals surface area contributed by atoms with Crippen molar-refractivity contribution in [1.29, 1.82) is 0 Å². The van der Waals surface area contributed by atoms with Crippen LogP contribution in [0.3, 0.4) is 0 Å². The molecule has 0 saturated carbocycles. The third kappa shape index (κ3) is 3.34. The summed E-state index contributed by atoms with van der Waals surface area (Å²) in [6.45, 7) is 0.379. The van der Waals surface area contributed by atoms with Crippen molar-refractivity contribution in [2.75, 3.05) is 20.8 Å². The van der Waals surface area contributed by atoms with Crippen LogP contribution in [0.1, 0.15) is 24.4 Å². The number of rotatable bonds is 5. The molecule has 1 saturated heterocycles. The van der Waals surface area contributed by atoms with E-state index in [9.17, 15) is 12.8 Å². The highest BCUT2D eigenvalue weighted by atomic mass is 32.2. The van der Waals surface area contributed by atoms with Gasteiger partial charge in [-0.05, 0) is 49.2 Å². The maximum absolute atomic E-state index is 13.5. The first-order chi connectivity index (χ1) is 12.0. The van der Waals surface area contributed by atoms with E-state index in [-0.39, 0.29) is 10.9 Å². The van der Waals surface area contributed by atoms with Gasteiger partial charge in [-0.2, -0.15) is 4.31 Å². The van der Waals surface area contributed by atoms with Gasteiger partial charge >= 0.3 is 0 Å². The van der Waals surface area contributed by atoms with Crippen LogP contribution in [0.15, 0.2) is 47.4 Å². The number of benzene rings is 2. The Hall–Kier alpha value is -2.12. The lowest BCUT2D eigenvalue weighted by Gasteiger charge is -2.26. The Labute approximate surface area is 147 Å². The number of nitrogens with zero attached hydrogens (tertiary/aromatic N) is 1. The summed E-state index contributed by atoms with van der Waals surface area (Å²) in [5.41, 5.74) is 0.749. The first-order valence-corrected chi connectivity index (χ1v) is 9.40. The van der Waals surface area contributed by atoms with Gasteiger partial charge in [0.1, 0.15) is 17.3 Å². The van der Waals surface area contributed by atoms with Crippen molar-refractivity contribution in [3.8, 4) is 11.5 Å². The van der Waals surface area contributed by atoms with Crippen LogP contribution in [-0.2, 0) is 10.0 Å². The molecule has 5 nitrogen and oxygen atoms in total.